The van der Waals surface area contributed by atoms with Gasteiger partial charge in [0.1, 0.15) is 11.3 Å². The Hall–Kier alpha value is -1.97. The van der Waals surface area contributed by atoms with E-state index in [1.54, 1.807) is 6.26 Å². The summed E-state index contributed by atoms with van der Waals surface area (Å²) in [6.07, 6.45) is 3.19. The number of rotatable bonds is 6. The largest absolute Gasteiger partial charge is 0.493 e. The summed E-state index contributed by atoms with van der Waals surface area (Å²) >= 11 is 0. The predicted molar refractivity (Wildman–Crippen MR) is 63.2 cm³/mol. The van der Waals surface area contributed by atoms with Crippen LogP contribution in [0.3, 0.4) is 0 Å². The van der Waals surface area contributed by atoms with E-state index in [0.29, 0.717) is 13.0 Å². The summed E-state index contributed by atoms with van der Waals surface area (Å²) in [6.45, 7) is 0.525. The first-order valence-electron chi connectivity index (χ1n) is 5.58. The van der Waals surface area contributed by atoms with Crippen LogP contribution in [0.4, 0.5) is 0 Å². The number of furan rings is 1. The lowest BCUT2D eigenvalue weighted by molar-refractivity contribution is -0.137. The number of carboxylic acid groups (broad SMARTS) is 1. The van der Waals surface area contributed by atoms with Gasteiger partial charge in [-0.25, -0.2) is 0 Å². The fourth-order valence-electron chi connectivity index (χ4n) is 1.65. The maximum Gasteiger partial charge on any atom is 0.303 e. The minimum Gasteiger partial charge on any atom is -0.493 e. The first-order valence-corrected chi connectivity index (χ1v) is 5.58. The van der Waals surface area contributed by atoms with Gasteiger partial charge in [-0.05, 0) is 31.0 Å². The number of carboxylic acids is 1. The van der Waals surface area contributed by atoms with Crippen molar-refractivity contribution >= 4 is 16.9 Å². The van der Waals surface area contributed by atoms with Gasteiger partial charge in [0, 0.05) is 6.42 Å². The Kier molecular flexibility index (Phi) is 3.65. The molecule has 0 unspecified atom stereocenters. The van der Waals surface area contributed by atoms with E-state index < -0.39 is 5.97 Å². The number of unbranched alkanes of at least 4 members (excludes halogenated alkanes) is 1. The zero-order valence-corrected chi connectivity index (χ0v) is 9.39. The van der Waals surface area contributed by atoms with Gasteiger partial charge in [-0.3, -0.25) is 4.79 Å². The molecule has 2 aromatic rings. The van der Waals surface area contributed by atoms with Crippen LogP contribution < -0.4 is 4.74 Å². The monoisotopic (exact) mass is 234 g/mol. The van der Waals surface area contributed by atoms with E-state index in [0.717, 1.165) is 23.1 Å². The highest BCUT2D eigenvalue weighted by atomic mass is 16.5. The number of fused-ring (bicyclic) bond motifs is 1. The second kappa shape index (κ2) is 5.39. The van der Waals surface area contributed by atoms with Gasteiger partial charge in [0.25, 0.3) is 0 Å². The lowest BCUT2D eigenvalue weighted by Crippen LogP contribution is -2.00. The molecule has 90 valence electrons. The van der Waals surface area contributed by atoms with Crippen LogP contribution in [-0.2, 0) is 4.79 Å². The zero-order valence-electron chi connectivity index (χ0n) is 9.39. The Bertz CT molecular complexity index is 501. The molecule has 4 nitrogen and oxygen atoms in total. The fraction of sp³-hybridized carbons (Fsp3) is 0.308. The smallest absolute Gasteiger partial charge is 0.303 e. The summed E-state index contributed by atoms with van der Waals surface area (Å²) in [7, 11) is 0. The topological polar surface area (TPSA) is 59.7 Å². The van der Waals surface area contributed by atoms with Gasteiger partial charge in [0.15, 0.2) is 0 Å². The number of ether oxygens (including phenoxy) is 1. The van der Waals surface area contributed by atoms with Crippen LogP contribution in [0, 0.1) is 0 Å². The molecular formula is C13H14O4. The third kappa shape index (κ3) is 3.00. The lowest BCUT2D eigenvalue weighted by atomic mass is 10.2. The highest BCUT2D eigenvalue weighted by molar-refractivity contribution is 5.83. The number of carbonyl (C=O) groups is 1. The molecule has 0 saturated heterocycles. The van der Waals surface area contributed by atoms with Gasteiger partial charge in [0.05, 0.1) is 18.3 Å². The maximum atomic E-state index is 10.3. The summed E-state index contributed by atoms with van der Waals surface area (Å²) in [4.78, 5) is 10.3. The average molecular weight is 234 g/mol. The van der Waals surface area contributed by atoms with Crippen LogP contribution >= 0.6 is 0 Å². The predicted octanol–water partition coefficient (Wildman–Crippen LogP) is 3.07. The molecule has 0 aliphatic heterocycles. The molecule has 0 bridgehead atoms. The second-order valence-electron chi connectivity index (χ2n) is 3.79. The minimum atomic E-state index is -0.762. The van der Waals surface area contributed by atoms with Crippen LogP contribution in [0.1, 0.15) is 19.3 Å². The van der Waals surface area contributed by atoms with Crippen molar-refractivity contribution in [1.82, 2.24) is 0 Å². The summed E-state index contributed by atoms with van der Waals surface area (Å²) < 4.78 is 10.9. The van der Waals surface area contributed by atoms with Crippen LogP contribution in [0.2, 0.25) is 0 Å². The second-order valence-corrected chi connectivity index (χ2v) is 3.79. The Morgan fingerprint density at radius 3 is 3.00 bits per heavy atom. The summed E-state index contributed by atoms with van der Waals surface area (Å²) in [5, 5.41) is 9.44. The van der Waals surface area contributed by atoms with Crippen LogP contribution in [0.15, 0.2) is 34.9 Å². The van der Waals surface area contributed by atoms with Gasteiger partial charge in [-0.2, -0.15) is 0 Å². The molecule has 4 heteroatoms. The van der Waals surface area contributed by atoms with Gasteiger partial charge in [0.2, 0.25) is 0 Å². The molecule has 0 saturated carbocycles. The summed E-state index contributed by atoms with van der Waals surface area (Å²) in [5.41, 5.74) is 0.799. The molecule has 1 N–H and O–H groups in total. The van der Waals surface area contributed by atoms with E-state index >= 15 is 0 Å². The number of benzene rings is 1. The van der Waals surface area contributed by atoms with E-state index in [2.05, 4.69) is 0 Å². The third-order valence-corrected chi connectivity index (χ3v) is 2.50. The van der Waals surface area contributed by atoms with Gasteiger partial charge >= 0.3 is 5.97 Å². The van der Waals surface area contributed by atoms with Crippen LogP contribution in [0.25, 0.3) is 11.0 Å². The number of aliphatic carboxylic acids is 1. The van der Waals surface area contributed by atoms with Crippen molar-refractivity contribution in [3.05, 3.63) is 30.5 Å². The molecule has 0 spiro atoms. The normalized spacial score (nSPS) is 10.6. The minimum absolute atomic E-state index is 0.194. The molecule has 0 fully saturated rings. The highest BCUT2D eigenvalue weighted by Crippen LogP contribution is 2.26. The maximum absolute atomic E-state index is 10.3. The molecule has 0 amide bonds. The van der Waals surface area contributed by atoms with Crippen LogP contribution in [-0.4, -0.2) is 17.7 Å². The van der Waals surface area contributed by atoms with E-state index in [-0.39, 0.29) is 6.42 Å². The molecule has 1 aromatic heterocycles. The first kappa shape index (κ1) is 11.5. The van der Waals surface area contributed by atoms with Crippen LogP contribution in [0.5, 0.6) is 5.75 Å². The fourth-order valence-corrected chi connectivity index (χ4v) is 1.65. The van der Waals surface area contributed by atoms with Gasteiger partial charge in [-0.15, -0.1) is 0 Å². The zero-order chi connectivity index (χ0) is 12.1. The lowest BCUT2D eigenvalue weighted by Gasteiger charge is -2.06. The van der Waals surface area contributed by atoms with Crippen molar-refractivity contribution in [2.75, 3.05) is 6.61 Å². The van der Waals surface area contributed by atoms with Gasteiger partial charge < -0.3 is 14.3 Å². The first-order chi connectivity index (χ1) is 8.27. The quantitative estimate of drug-likeness (QED) is 0.780. The summed E-state index contributed by atoms with van der Waals surface area (Å²) in [5.74, 6) is 0.0218. The van der Waals surface area contributed by atoms with Crippen molar-refractivity contribution in [3.8, 4) is 5.75 Å². The van der Waals surface area contributed by atoms with Crippen molar-refractivity contribution in [2.45, 2.75) is 19.3 Å². The van der Waals surface area contributed by atoms with E-state index in [1.165, 1.54) is 0 Å². The van der Waals surface area contributed by atoms with Gasteiger partial charge in [-0.1, -0.05) is 6.07 Å². The standard InChI is InChI=1S/C13H14O4/c14-13(15)6-1-2-8-16-11-4-3-5-12-10(11)7-9-17-12/h3-5,7,9H,1-2,6,8H2,(H,14,15). The van der Waals surface area contributed by atoms with Crippen molar-refractivity contribution in [2.24, 2.45) is 0 Å². The van der Waals surface area contributed by atoms with E-state index in [1.807, 2.05) is 24.3 Å². The highest BCUT2D eigenvalue weighted by Gasteiger charge is 2.04. The number of hydrogen-bond acceptors (Lipinski definition) is 3. The molecule has 0 aliphatic carbocycles. The molecule has 1 aromatic carbocycles. The Morgan fingerprint density at radius 1 is 1.29 bits per heavy atom. The molecule has 0 radical (unpaired) electrons. The Balaban J connectivity index is 1.86. The third-order valence-electron chi connectivity index (χ3n) is 2.50. The van der Waals surface area contributed by atoms with Crippen molar-refractivity contribution in [1.29, 1.82) is 0 Å². The Labute approximate surface area is 98.8 Å². The van der Waals surface area contributed by atoms with Crippen molar-refractivity contribution in [3.63, 3.8) is 0 Å². The SMILES string of the molecule is O=C(O)CCCCOc1cccc2occc12. The summed E-state index contributed by atoms with van der Waals surface area (Å²) in [6, 6.07) is 7.50. The average Bonchev–Trinajstić information content (AvgIpc) is 2.77. The molecule has 0 aliphatic rings. The van der Waals surface area contributed by atoms with Crippen molar-refractivity contribution < 1.29 is 19.1 Å². The van der Waals surface area contributed by atoms with E-state index in [9.17, 15) is 4.79 Å². The molecule has 17 heavy (non-hydrogen) atoms. The Morgan fingerprint density at radius 2 is 2.18 bits per heavy atom. The molecule has 2 rings (SSSR count). The molecular weight excluding hydrogens is 220 g/mol. The molecule has 0 atom stereocenters. The van der Waals surface area contributed by atoms with E-state index in [4.69, 9.17) is 14.3 Å². The number of hydrogen-bond donors (Lipinski definition) is 1. The molecule has 1 heterocycles.